The van der Waals surface area contributed by atoms with E-state index in [1.165, 1.54) is 22.3 Å². The molecule has 3 rings (SSSR count). The number of benzene rings is 1. The second-order valence-electron chi connectivity index (χ2n) is 6.18. The van der Waals surface area contributed by atoms with Crippen molar-refractivity contribution in [1.29, 1.82) is 0 Å². The number of fused-ring (bicyclic) bond motifs is 1. The second kappa shape index (κ2) is 9.09. The van der Waals surface area contributed by atoms with E-state index in [9.17, 15) is 14.4 Å². The molecule has 2 amide bonds. The van der Waals surface area contributed by atoms with Crippen molar-refractivity contribution in [3.8, 4) is 0 Å². The SMILES string of the molecule is CN(Cc1nc2ccsc2c(=O)[nH]1)C(=O)CCNC(=O)C=Cc1ccccc1. The zero-order chi connectivity index (χ0) is 19.9. The van der Waals surface area contributed by atoms with Gasteiger partial charge < -0.3 is 15.2 Å². The van der Waals surface area contributed by atoms with Crippen LogP contribution < -0.4 is 10.9 Å². The summed E-state index contributed by atoms with van der Waals surface area (Å²) in [5, 5.41) is 4.49. The normalized spacial score (nSPS) is 11.0. The molecule has 2 aromatic heterocycles. The summed E-state index contributed by atoms with van der Waals surface area (Å²) in [7, 11) is 1.64. The number of thiophene rings is 1. The molecule has 0 fully saturated rings. The van der Waals surface area contributed by atoms with Crippen LogP contribution in [0.3, 0.4) is 0 Å². The van der Waals surface area contributed by atoms with Crippen LogP contribution in [0.2, 0.25) is 0 Å². The Bertz CT molecular complexity index is 1060. The van der Waals surface area contributed by atoms with Crippen LogP contribution in [0.4, 0.5) is 0 Å². The summed E-state index contributed by atoms with van der Waals surface area (Å²) >= 11 is 1.33. The first-order valence-corrected chi connectivity index (χ1v) is 9.62. The Morgan fingerprint density at radius 2 is 2.04 bits per heavy atom. The summed E-state index contributed by atoms with van der Waals surface area (Å²) < 4.78 is 0.573. The second-order valence-corrected chi connectivity index (χ2v) is 7.10. The molecule has 0 bridgehead atoms. The zero-order valence-corrected chi connectivity index (χ0v) is 16.2. The van der Waals surface area contributed by atoms with Crippen molar-refractivity contribution in [2.24, 2.45) is 0 Å². The van der Waals surface area contributed by atoms with Gasteiger partial charge in [0.05, 0.1) is 12.1 Å². The highest BCUT2D eigenvalue weighted by Crippen LogP contribution is 2.14. The maximum atomic E-state index is 12.2. The molecule has 0 spiro atoms. The molecule has 0 saturated heterocycles. The smallest absolute Gasteiger partial charge is 0.268 e. The number of aromatic amines is 1. The van der Waals surface area contributed by atoms with E-state index in [-0.39, 0.29) is 36.9 Å². The van der Waals surface area contributed by atoms with Gasteiger partial charge in [-0.15, -0.1) is 11.3 Å². The molecule has 2 N–H and O–H groups in total. The number of nitrogens with zero attached hydrogens (tertiary/aromatic N) is 2. The predicted molar refractivity (Wildman–Crippen MR) is 110 cm³/mol. The number of aromatic nitrogens is 2. The maximum Gasteiger partial charge on any atom is 0.268 e. The number of nitrogens with one attached hydrogen (secondary N) is 2. The standard InChI is InChI=1S/C20H20N4O3S/c1-24(13-16-22-15-10-12-28-19(15)20(27)23-16)18(26)9-11-21-17(25)8-7-14-5-3-2-4-6-14/h2-8,10,12H,9,11,13H2,1H3,(H,21,25)(H,22,23,27). The summed E-state index contributed by atoms with van der Waals surface area (Å²) in [5.41, 5.74) is 1.35. The summed E-state index contributed by atoms with van der Waals surface area (Å²) in [4.78, 5) is 44.6. The molecule has 8 heteroatoms. The Hall–Kier alpha value is -3.26. The Kier molecular flexibility index (Phi) is 6.33. The number of rotatable bonds is 7. The number of hydrogen-bond donors (Lipinski definition) is 2. The molecule has 0 saturated carbocycles. The van der Waals surface area contributed by atoms with Gasteiger partial charge in [0.1, 0.15) is 10.5 Å². The third-order valence-corrected chi connectivity index (χ3v) is 4.94. The van der Waals surface area contributed by atoms with Gasteiger partial charge in [-0.2, -0.15) is 0 Å². The Morgan fingerprint density at radius 1 is 1.25 bits per heavy atom. The van der Waals surface area contributed by atoms with E-state index < -0.39 is 0 Å². The van der Waals surface area contributed by atoms with Crippen LogP contribution in [0, 0.1) is 0 Å². The number of carbonyl (C=O) groups excluding carboxylic acids is 2. The minimum atomic E-state index is -0.256. The Labute approximate surface area is 165 Å². The van der Waals surface area contributed by atoms with E-state index in [2.05, 4.69) is 15.3 Å². The van der Waals surface area contributed by atoms with Crippen LogP contribution in [-0.2, 0) is 16.1 Å². The molecular formula is C20H20N4O3S. The lowest BCUT2D eigenvalue weighted by atomic mass is 10.2. The minimum Gasteiger partial charge on any atom is -0.352 e. The van der Waals surface area contributed by atoms with Crippen molar-refractivity contribution in [2.75, 3.05) is 13.6 Å². The summed E-state index contributed by atoms with van der Waals surface area (Å²) in [5.74, 6) is 0.0233. The zero-order valence-electron chi connectivity index (χ0n) is 15.3. The molecule has 0 aliphatic rings. The number of amides is 2. The monoisotopic (exact) mass is 396 g/mol. The molecule has 0 unspecified atom stereocenters. The number of hydrogen-bond acceptors (Lipinski definition) is 5. The molecule has 0 atom stereocenters. The molecule has 0 radical (unpaired) electrons. The van der Waals surface area contributed by atoms with Crippen molar-refractivity contribution in [1.82, 2.24) is 20.2 Å². The van der Waals surface area contributed by atoms with E-state index in [1.807, 2.05) is 30.3 Å². The highest BCUT2D eigenvalue weighted by molar-refractivity contribution is 7.17. The van der Waals surface area contributed by atoms with Gasteiger partial charge in [0.2, 0.25) is 11.8 Å². The molecular weight excluding hydrogens is 376 g/mol. The molecule has 1 aromatic carbocycles. The fraction of sp³-hybridized carbons (Fsp3) is 0.200. The van der Waals surface area contributed by atoms with Gasteiger partial charge in [-0.25, -0.2) is 4.98 Å². The fourth-order valence-electron chi connectivity index (χ4n) is 2.59. The quantitative estimate of drug-likeness (QED) is 0.598. The van der Waals surface area contributed by atoms with Crippen molar-refractivity contribution in [2.45, 2.75) is 13.0 Å². The van der Waals surface area contributed by atoms with Crippen LogP contribution in [0.15, 0.2) is 52.6 Å². The van der Waals surface area contributed by atoms with Gasteiger partial charge in [0.25, 0.3) is 5.56 Å². The lowest BCUT2D eigenvalue weighted by Gasteiger charge is -2.16. The third kappa shape index (κ3) is 5.14. The van der Waals surface area contributed by atoms with Gasteiger partial charge >= 0.3 is 0 Å². The van der Waals surface area contributed by atoms with E-state index >= 15 is 0 Å². The predicted octanol–water partition coefficient (Wildman–Crippen LogP) is 2.16. The highest BCUT2D eigenvalue weighted by Gasteiger charge is 2.12. The van der Waals surface area contributed by atoms with Gasteiger partial charge in [-0.3, -0.25) is 14.4 Å². The summed E-state index contributed by atoms with van der Waals surface area (Å²) in [6, 6.07) is 11.3. The summed E-state index contributed by atoms with van der Waals surface area (Å²) in [6.45, 7) is 0.427. The topological polar surface area (TPSA) is 95.2 Å². The van der Waals surface area contributed by atoms with Crippen LogP contribution in [0.25, 0.3) is 16.3 Å². The van der Waals surface area contributed by atoms with Crippen LogP contribution in [-0.4, -0.2) is 40.3 Å². The van der Waals surface area contributed by atoms with Gasteiger partial charge in [-0.05, 0) is 23.1 Å². The van der Waals surface area contributed by atoms with E-state index in [4.69, 9.17) is 0 Å². The van der Waals surface area contributed by atoms with Crippen LogP contribution >= 0.6 is 11.3 Å². The van der Waals surface area contributed by atoms with Gasteiger partial charge in [-0.1, -0.05) is 30.3 Å². The van der Waals surface area contributed by atoms with Crippen molar-refractivity contribution >= 4 is 39.4 Å². The van der Waals surface area contributed by atoms with Crippen molar-refractivity contribution < 1.29 is 9.59 Å². The summed E-state index contributed by atoms with van der Waals surface area (Å²) in [6.07, 6.45) is 3.31. The lowest BCUT2D eigenvalue weighted by Crippen LogP contribution is -2.32. The van der Waals surface area contributed by atoms with Crippen molar-refractivity contribution in [3.63, 3.8) is 0 Å². The van der Waals surface area contributed by atoms with Gasteiger partial charge in [0.15, 0.2) is 0 Å². The van der Waals surface area contributed by atoms with E-state index in [1.54, 1.807) is 24.6 Å². The fourth-order valence-corrected chi connectivity index (χ4v) is 3.31. The maximum absolute atomic E-state index is 12.2. The minimum absolute atomic E-state index is 0.152. The molecule has 144 valence electrons. The average Bonchev–Trinajstić information content (AvgIpc) is 3.16. The largest absolute Gasteiger partial charge is 0.352 e. The molecule has 0 aliphatic carbocycles. The lowest BCUT2D eigenvalue weighted by molar-refractivity contribution is -0.130. The highest BCUT2D eigenvalue weighted by atomic mass is 32.1. The molecule has 3 aromatic rings. The van der Waals surface area contributed by atoms with Crippen LogP contribution in [0.5, 0.6) is 0 Å². The third-order valence-electron chi connectivity index (χ3n) is 4.04. The molecule has 28 heavy (non-hydrogen) atoms. The Morgan fingerprint density at radius 3 is 2.82 bits per heavy atom. The first-order valence-electron chi connectivity index (χ1n) is 8.74. The molecule has 7 nitrogen and oxygen atoms in total. The van der Waals surface area contributed by atoms with E-state index in [0.29, 0.717) is 16.0 Å². The van der Waals surface area contributed by atoms with Crippen molar-refractivity contribution in [3.05, 3.63) is 69.6 Å². The van der Waals surface area contributed by atoms with E-state index in [0.717, 1.165) is 5.56 Å². The van der Waals surface area contributed by atoms with Crippen LogP contribution in [0.1, 0.15) is 17.8 Å². The van der Waals surface area contributed by atoms with Gasteiger partial charge in [0, 0.05) is 26.1 Å². The number of carbonyl (C=O) groups is 2. The molecule has 2 heterocycles. The average molecular weight is 396 g/mol. The first kappa shape index (κ1) is 19.5. The number of H-pyrrole nitrogens is 1. The first-order chi connectivity index (χ1) is 13.5. The molecule has 0 aliphatic heterocycles. The Balaban J connectivity index is 1.46.